The highest BCUT2D eigenvalue weighted by Gasteiger charge is 2.46. The van der Waals surface area contributed by atoms with Gasteiger partial charge in [-0.2, -0.15) is 0 Å². The van der Waals surface area contributed by atoms with E-state index in [0.29, 0.717) is 5.56 Å². The van der Waals surface area contributed by atoms with Crippen LogP contribution in [0.3, 0.4) is 0 Å². The highest BCUT2D eigenvalue weighted by atomic mass is 16.6. The van der Waals surface area contributed by atoms with Gasteiger partial charge in [0.1, 0.15) is 18.4 Å². The van der Waals surface area contributed by atoms with Crippen molar-refractivity contribution in [3.8, 4) is 5.75 Å². The van der Waals surface area contributed by atoms with E-state index in [1.165, 1.54) is 12.1 Å². The number of ether oxygens (including phenoxy) is 3. The summed E-state index contributed by atoms with van der Waals surface area (Å²) in [5.74, 6) is -0.845. The van der Waals surface area contributed by atoms with E-state index in [9.17, 15) is 44.3 Å². The third kappa shape index (κ3) is 7.87. The zero-order chi connectivity index (χ0) is 32.7. The highest BCUT2D eigenvalue weighted by Crippen LogP contribution is 2.28. The number of nitro benzene ring substituents is 1. The van der Waals surface area contributed by atoms with Gasteiger partial charge >= 0.3 is 30.3 Å². The molecule has 2 fully saturated rings. The van der Waals surface area contributed by atoms with Crippen molar-refractivity contribution in [1.29, 1.82) is 0 Å². The minimum Gasteiger partial charge on any atom is -0.467 e. The van der Waals surface area contributed by atoms with Crippen LogP contribution in [0.4, 0.5) is 24.9 Å². The van der Waals surface area contributed by atoms with Crippen LogP contribution in [0.15, 0.2) is 54.6 Å². The monoisotopic (exact) mass is 629 g/mol. The van der Waals surface area contributed by atoms with Gasteiger partial charge < -0.3 is 39.1 Å². The van der Waals surface area contributed by atoms with E-state index >= 15 is 0 Å². The zero-order valence-corrected chi connectivity index (χ0v) is 24.1. The minimum absolute atomic E-state index is 0.0665. The Morgan fingerprint density at radius 1 is 0.956 bits per heavy atom. The molecule has 1 unspecified atom stereocenters. The van der Waals surface area contributed by atoms with E-state index in [0.717, 1.165) is 38.8 Å². The number of methoxy groups -OCH3 is 1. The Morgan fingerprint density at radius 2 is 1.64 bits per heavy atom. The van der Waals surface area contributed by atoms with Crippen LogP contribution in [0.25, 0.3) is 0 Å². The second-order valence-electron chi connectivity index (χ2n) is 10.3. The standard InChI is InChI=1S/C28H31N5O12/c1-43-24(34)23-13-20(15-32(23)27(39)44-17-18-5-3-2-4-6-18)31(28(40)45-22-9-7-19(8-10-22)33(41)42)16-21-14-29(25(35)36)11-12-30(21)26(37)38/h2-10,20-21,23H,11-17H2,1H3,(H,35,36)(H,37,38)/t20-,21?,23-/m1/s1. The van der Waals surface area contributed by atoms with E-state index in [1.54, 1.807) is 30.3 Å². The fourth-order valence-electron chi connectivity index (χ4n) is 5.24. The predicted molar refractivity (Wildman–Crippen MR) is 151 cm³/mol. The highest BCUT2D eigenvalue weighted by molar-refractivity contribution is 5.83. The van der Waals surface area contributed by atoms with Crippen molar-refractivity contribution in [1.82, 2.24) is 19.6 Å². The molecule has 2 N–H and O–H groups in total. The topological polar surface area (TPSA) is 210 Å². The second-order valence-corrected chi connectivity index (χ2v) is 10.3. The summed E-state index contributed by atoms with van der Waals surface area (Å²) in [6.45, 7) is -1.20. The predicted octanol–water partition coefficient (Wildman–Crippen LogP) is 2.69. The Labute approximate surface area is 256 Å². The fraction of sp³-hybridized carbons (Fsp3) is 0.393. The molecule has 45 heavy (non-hydrogen) atoms. The van der Waals surface area contributed by atoms with Crippen LogP contribution in [0, 0.1) is 10.1 Å². The maximum Gasteiger partial charge on any atom is 0.415 e. The Bertz CT molecular complexity index is 1420. The summed E-state index contributed by atoms with van der Waals surface area (Å²) in [4.78, 5) is 77.9. The number of hydrogen-bond acceptors (Lipinski definition) is 10. The normalized spacial score (nSPS) is 19.4. The number of carbonyl (C=O) groups excluding carboxylic acids is 3. The molecule has 2 heterocycles. The lowest BCUT2D eigenvalue weighted by atomic mass is 10.1. The van der Waals surface area contributed by atoms with Crippen LogP contribution < -0.4 is 4.74 Å². The number of hydrogen-bond donors (Lipinski definition) is 2. The quantitative estimate of drug-likeness (QED) is 0.245. The number of amides is 4. The SMILES string of the molecule is COC(=O)[C@H]1C[C@@H](N(CC2CN(C(=O)O)CCN2C(=O)O)C(=O)Oc2ccc([N+](=O)[O-])cc2)CN1C(=O)OCc1ccccc1. The first-order chi connectivity index (χ1) is 21.5. The van der Waals surface area contributed by atoms with Crippen LogP contribution in [-0.2, 0) is 20.9 Å². The zero-order valence-electron chi connectivity index (χ0n) is 24.1. The Kier molecular flexibility index (Phi) is 10.2. The summed E-state index contributed by atoms with van der Waals surface area (Å²) < 4.78 is 15.8. The number of rotatable bonds is 8. The average Bonchev–Trinajstić information content (AvgIpc) is 3.48. The van der Waals surface area contributed by atoms with Gasteiger partial charge in [0.25, 0.3) is 5.69 Å². The van der Waals surface area contributed by atoms with Crippen molar-refractivity contribution >= 4 is 36.0 Å². The molecular formula is C28H31N5O12. The van der Waals surface area contributed by atoms with Gasteiger partial charge in [-0.1, -0.05) is 30.3 Å². The Morgan fingerprint density at radius 3 is 2.24 bits per heavy atom. The minimum atomic E-state index is -1.33. The van der Waals surface area contributed by atoms with Gasteiger partial charge in [0.15, 0.2) is 0 Å². The number of benzene rings is 2. The Balaban J connectivity index is 1.61. The lowest BCUT2D eigenvalue weighted by Crippen LogP contribution is -2.61. The van der Waals surface area contributed by atoms with E-state index in [2.05, 4.69) is 0 Å². The van der Waals surface area contributed by atoms with E-state index < -0.39 is 53.4 Å². The lowest BCUT2D eigenvalue weighted by molar-refractivity contribution is -0.384. The molecule has 4 rings (SSSR count). The van der Waals surface area contributed by atoms with Gasteiger partial charge in [0.05, 0.1) is 24.1 Å². The van der Waals surface area contributed by atoms with Crippen LogP contribution in [0.1, 0.15) is 12.0 Å². The maximum atomic E-state index is 13.6. The molecular weight excluding hydrogens is 598 g/mol. The number of non-ortho nitro benzene ring substituents is 1. The molecule has 0 saturated carbocycles. The number of carboxylic acid groups (broad SMARTS) is 2. The van der Waals surface area contributed by atoms with E-state index in [4.69, 9.17) is 14.2 Å². The molecule has 0 aromatic heterocycles. The summed E-state index contributed by atoms with van der Waals surface area (Å²) >= 11 is 0. The first-order valence-electron chi connectivity index (χ1n) is 13.7. The molecule has 17 heteroatoms. The van der Waals surface area contributed by atoms with Gasteiger partial charge in [-0.15, -0.1) is 0 Å². The van der Waals surface area contributed by atoms with Gasteiger partial charge in [0, 0.05) is 51.3 Å². The van der Waals surface area contributed by atoms with Crippen molar-refractivity contribution in [3.05, 3.63) is 70.3 Å². The molecule has 2 aliphatic heterocycles. The summed E-state index contributed by atoms with van der Waals surface area (Å²) in [6.07, 6.45) is -4.62. The third-order valence-corrected chi connectivity index (χ3v) is 7.53. The molecule has 2 saturated heterocycles. The molecule has 17 nitrogen and oxygen atoms in total. The van der Waals surface area contributed by atoms with E-state index in [-0.39, 0.29) is 57.2 Å². The number of carbonyl (C=O) groups is 5. The smallest absolute Gasteiger partial charge is 0.415 e. The summed E-state index contributed by atoms with van der Waals surface area (Å²) in [7, 11) is 1.14. The van der Waals surface area contributed by atoms with Crippen molar-refractivity contribution in [2.45, 2.75) is 31.2 Å². The first-order valence-corrected chi connectivity index (χ1v) is 13.7. The molecule has 0 radical (unpaired) electrons. The van der Waals surface area contributed by atoms with E-state index in [1.807, 2.05) is 0 Å². The van der Waals surface area contributed by atoms with Crippen LogP contribution in [-0.4, -0.2) is 123 Å². The molecule has 2 aromatic carbocycles. The van der Waals surface area contributed by atoms with Crippen LogP contribution in [0.5, 0.6) is 5.75 Å². The second kappa shape index (κ2) is 14.2. The molecule has 4 amide bonds. The number of nitrogens with zero attached hydrogens (tertiary/aromatic N) is 5. The first kappa shape index (κ1) is 32.3. The fourth-order valence-corrected chi connectivity index (χ4v) is 5.24. The van der Waals surface area contributed by atoms with Crippen LogP contribution >= 0.6 is 0 Å². The van der Waals surface area contributed by atoms with Crippen molar-refractivity contribution in [3.63, 3.8) is 0 Å². The van der Waals surface area contributed by atoms with Crippen molar-refractivity contribution in [2.75, 3.05) is 39.8 Å². The molecule has 0 bridgehead atoms. The molecule has 0 aliphatic carbocycles. The van der Waals surface area contributed by atoms with Gasteiger partial charge in [-0.05, 0) is 17.7 Å². The number of piperazine rings is 1. The number of nitro groups is 1. The van der Waals surface area contributed by atoms with Crippen molar-refractivity contribution in [2.24, 2.45) is 0 Å². The summed E-state index contributed by atoms with van der Waals surface area (Å²) in [5, 5.41) is 30.4. The Hall–Kier alpha value is -5.61. The van der Waals surface area contributed by atoms with Gasteiger partial charge in [-0.25, -0.2) is 24.0 Å². The average molecular weight is 630 g/mol. The molecule has 0 spiro atoms. The number of esters is 1. The van der Waals surface area contributed by atoms with Gasteiger partial charge in [0.2, 0.25) is 0 Å². The largest absolute Gasteiger partial charge is 0.467 e. The number of likely N-dealkylation sites (tertiary alicyclic amines) is 1. The lowest BCUT2D eigenvalue weighted by Gasteiger charge is -2.41. The van der Waals surface area contributed by atoms with Gasteiger partial charge in [-0.3, -0.25) is 15.0 Å². The molecule has 240 valence electrons. The van der Waals surface area contributed by atoms with Crippen LogP contribution in [0.2, 0.25) is 0 Å². The molecule has 3 atom stereocenters. The summed E-state index contributed by atoms with van der Waals surface area (Å²) in [5.41, 5.74) is 0.444. The molecule has 2 aromatic rings. The maximum absolute atomic E-state index is 13.6. The summed E-state index contributed by atoms with van der Waals surface area (Å²) in [6, 6.07) is 10.3. The van der Waals surface area contributed by atoms with Crippen molar-refractivity contribution < 1.29 is 53.3 Å². The molecule has 2 aliphatic rings. The third-order valence-electron chi connectivity index (χ3n) is 7.53.